The van der Waals surface area contributed by atoms with E-state index in [9.17, 15) is 18.3 Å². The van der Waals surface area contributed by atoms with Crippen molar-refractivity contribution in [2.24, 2.45) is 0 Å². The zero-order chi connectivity index (χ0) is 23.6. The van der Waals surface area contributed by atoms with Gasteiger partial charge in [0.1, 0.15) is 0 Å². The number of benzene rings is 2. The molecule has 1 heterocycles. The van der Waals surface area contributed by atoms with Crippen LogP contribution in [0.2, 0.25) is 0 Å². The lowest BCUT2D eigenvalue weighted by molar-refractivity contribution is -0.262. The van der Waals surface area contributed by atoms with Crippen molar-refractivity contribution in [1.82, 2.24) is 5.48 Å². The van der Waals surface area contributed by atoms with E-state index in [0.29, 0.717) is 28.9 Å². The van der Waals surface area contributed by atoms with Crippen LogP contribution in [-0.2, 0) is 16.7 Å². The van der Waals surface area contributed by atoms with Crippen molar-refractivity contribution in [2.45, 2.75) is 43.9 Å². The molecule has 1 atom stereocenters. The highest BCUT2D eigenvalue weighted by Crippen LogP contribution is 2.43. The van der Waals surface area contributed by atoms with Gasteiger partial charge >= 0.3 is 6.18 Å². The second kappa shape index (κ2) is 9.00. The number of rotatable bonds is 8. The van der Waals surface area contributed by atoms with E-state index in [-0.39, 0.29) is 0 Å². The number of anilines is 1. The van der Waals surface area contributed by atoms with E-state index in [1.807, 2.05) is 18.2 Å². The fraction of sp³-hybridized carbons (Fsp3) is 0.360. The van der Waals surface area contributed by atoms with Crippen LogP contribution >= 0.6 is 0 Å². The molecule has 0 bridgehead atoms. The van der Waals surface area contributed by atoms with Gasteiger partial charge in [-0.25, -0.2) is 0 Å². The number of halogens is 3. The van der Waals surface area contributed by atoms with Crippen molar-refractivity contribution in [3.05, 3.63) is 84.1 Å². The van der Waals surface area contributed by atoms with E-state index in [2.05, 4.69) is 12.1 Å². The normalized spacial score (nSPS) is 15.8. The van der Waals surface area contributed by atoms with Crippen molar-refractivity contribution < 1.29 is 23.1 Å². The fourth-order valence-corrected chi connectivity index (χ4v) is 4.16. The Kier molecular flexibility index (Phi) is 6.72. The molecule has 1 aliphatic heterocycles. The van der Waals surface area contributed by atoms with Gasteiger partial charge in [0.2, 0.25) is 0 Å². The minimum Gasteiger partial charge on any atom is -0.379 e. The van der Waals surface area contributed by atoms with Gasteiger partial charge in [-0.15, -0.1) is 0 Å². The molecule has 1 unspecified atom stereocenters. The van der Waals surface area contributed by atoms with E-state index in [4.69, 9.17) is 4.84 Å². The van der Waals surface area contributed by atoms with E-state index >= 15 is 0 Å². The molecule has 0 saturated carbocycles. The molecule has 4 nitrogen and oxygen atoms in total. The van der Waals surface area contributed by atoms with Gasteiger partial charge < -0.3 is 10.0 Å². The highest BCUT2D eigenvalue weighted by molar-refractivity contribution is 5.62. The monoisotopic (exact) mass is 446 g/mol. The largest absolute Gasteiger partial charge is 0.418 e. The van der Waals surface area contributed by atoms with E-state index < -0.39 is 30.2 Å². The van der Waals surface area contributed by atoms with Crippen LogP contribution in [0.3, 0.4) is 0 Å². The molecule has 2 N–H and O–H groups in total. The number of hydrogen-bond donors (Lipinski definition) is 2. The van der Waals surface area contributed by atoms with Gasteiger partial charge in [-0.3, -0.25) is 10.3 Å². The minimum absolute atomic E-state index is 0.492. The predicted octanol–water partition coefficient (Wildman–Crippen LogP) is 5.35. The van der Waals surface area contributed by atoms with Crippen molar-refractivity contribution in [2.75, 3.05) is 18.6 Å². The third-order valence-electron chi connectivity index (χ3n) is 5.84. The summed E-state index contributed by atoms with van der Waals surface area (Å²) in [6, 6.07) is 14.4. The Bertz CT molecular complexity index is 1000. The van der Waals surface area contributed by atoms with Gasteiger partial charge in [-0.05, 0) is 47.1 Å². The SMILES string of the molecule is C=C(NOC)c1cccc(C(C)(C)CC(O)(CN2C=CCc3ccccc32)C(F)(F)F)c1. The first kappa shape index (κ1) is 23.9. The standard InChI is InChI=1S/C25H29F3N2O2/c1-18(29-32-4)20-10-7-12-21(15-20)23(2,3)16-24(31,25(26,27)28)17-30-14-8-11-19-9-5-6-13-22(19)30/h5-10,12-15,29,31H,1,11,16-17H2,2-4H3. The summed E-state index contributed by atoms with van der Waals surface area (Å²) < 4.78 is 42.7. The highest BCUT2D eigenvalue weighted by atomic mass is 19.4. The number of hydrogen-bond acceptors (Lipinski definition) is 4. The first-order chi connectivity index (χ1) is 15.0. The number of aliphatic hydroxyl groups is 1. The molecule has 0 radical (unpaired) electrons. The molecule has 0 aromatic heterocycles. The quantitative estimate of drug-likeness (QED) is 0.537. The average Bonchev–Trinajstić information content (AvgIpc) is 2.73. The Morgan fingerprint density at radius 1 is 1.16 bits per heavy atom. The lowest BCUT2D eigenvalue weighted by atomic mass is 9.74. The topological polar surface area (TPSA) is 44.7 Å². The van der Waals surface area contributed by atoms with Crippen LogP contribution in [-0.4, -0.2) is 30.5 Å². The number of nitrogens with zero attached hydrogens (tertiary/aromatic N) is 1. The van der Waals surface area contributed by atoms with Crippen LogP contribution in [0.25, 0.3) is 5.70 Å². The first-order valence-corrected chi connectivity index (χ1v) is 10.4. The van der Waals surface area contributed by atoms with Crippen LogP contribution in [0, 0.1) is 0 Å². The number of hydroxylamine groups is 1. The van der Waals surface area contributed by atoms with Crippen molar-refractivity contribution in [3.63, 3.8) is 0 Å². The highest BCUT2D eigenvalue weighted by Gasteiger charge is 2.56. The third-order valence-corrected chi connectivity index (χ3v) is 5.84. The molecule has 3 rings (SSSR count). The van der Waals surface area contributed by atoms with Gasteiger partial charge in [-0.1, -0.05) is 62.9 Å². The molecule has 0 spiro atoms. The molecule has 32 heavy (non-hydrogen) atoms. The summed E-state index contributed by atoms with van der Waals surface area (Å²) in [5.74, 6) is 0. The predicted molar refractivity (Wildman–Crippen MR) is 121 cm³/mol. The Hall–Kier alpha value is -2.77. The summed E-state index contributed by atoms with van der Waals surface area (Å²) in [6.45, 7) is 6.69. The number of β-amino-alcohol motifs (C(OH)–C–C–N with tert-alkyl or cyclic N) is 1. The Morgan fingerprint density at radius 3 is 2.56 bits per heavy atom. The summed E-state index contributed by atoms with van der Waals surface area (Å²) in [7, 11) is 1.45. The molecule has 0 amide bonds. The molecule has 7 heteroatoms. The van der Waals surface area contributed by atoms with Crippen LogP contribution in [0.15, 0.2) is 67.4 Å². The summed E-state index contributed by atoms with van der Waals surface area (Å²) in [5.41, 5.74) is 2.18. The molecule has 0 fully saturated rings. The van der Waals surface area contributed by atoms with Gasteiger partial charge in [0.25, 0.3) is 0 Å². The van der Waals surface area contributed by atoms with Crippen LogP contribution in [0.1, 0.15) is 37.0 Å². The van der Waals surface area contributed by atoms with Crippen molar-refractivity contribution in [3.8, 4) is 0 Å². The van der Waals surface area contributed by atoms with Gasteiger partial charge in [0, 0.05) is 11.9 Å². The molecule has 0 saturated heterocycles. The van der Waals surface area contributed by atoms with Gasteiger partial charge in [0.15, 0.2) is 5.60 Å². The molecular formula is C25H29F3N2O2. The maximum Gasteiger partial charge on any atom is 0.418 e. The fourth-order valence-electron chi connectivity index (χ4n) is 4.16. The zero-order valence-electron chi connectivity index (χ0n) is 18.5. The first-order valence-electron chi connectivity index (χ1n) is 10.4. The number of allylic oxidation sites excluding steroid dienone is 1. The lowest BCUT2D eigenvalue weighted by Crippen LogP contribution is -2.55. The van der Waals surface area contributed by atoms with E-state index in [1.165, 1.54) is 12.0 Å². The second-order valence-corrected chi connectivity index (χ2v) is 8.80. The van der Waals surface area contributed by atoms with Crippen LogP contribution in [0.4, 0.5) is 18.9 Å². The maximum atomic E-state index is 14.2. The minimum atomic E-state index is -4.82. The lowest BCUT2D eigenvalue weighted by Gasteiger charge is -2.41. The number of nitrogens with one attached hydrogen (secondary N) is 1. The number of fused-ring (bicyclic) bond motifs is 1. The van der Waals surface area contributed by atoms with Gasteiger partial charge in [0.05, 0.1) is 19.4 Å². The summed E-state index contributed by atoms with van der Waals surface area (Å²) in [4.78, 5) is 6.36. The Balaban J connectivity index is 1.92. The summed E-state index contributed by atoms with van der Waals surface area (Å²) in [6.07, 6.45) is -1.25. The Labute approximate surface area is 187 Å². The molecular weight excluding hydrogens is 417 g/mol. The van der Waals surface area contributed by atoms with E-state index in [1.54, 1.807) is 56.4 Å². The van der Waals surface area contributed by atoms with Crippen LogP contribution in [0.5, 0.6) is 0 Å². The van der Waals surface area contributed by atoms with Crippen molar-refractivity contribution >= 4 is 11.4 Å². The molecule has 172 valence electrons. The smallest absolute Gasteiger partial charge is 0.379 e. The molecule has 2 aromatic rings. The summed E-state index contributed by atoms with van der Waals surface area (Å²) >= 11 is 0. The molecule has 1 aliphatic rings. The maximum absolute atomic E-state index is 14.2. The Morgan fingerprint density at radius 2 is 1.88 bits per heavy atom. The van der Waals surface area contributed by atoms with Crippen LogP contribution < -0.4 is 10.4 Å². The number of alkyl halides is 3. The zero-order valence-corrected chi connectivity index (χ0v) is 18.5. The van der Waals surface area contributed by atoms with Crippen molar-refractivity contribution in [1.29, 1.82) is 0 Å². The van der Waals surface area contributed by atoms with Gasteiger partial charge in [-0.2, -0.15) is 13.2 Å². The second-order valence-electron chi connectivity index (χ2n) is 8.80. The summed E-state index contributed by atoms with van der Waals surface area (Å²) in [5, 5.41) is 11.0. The van der Waals surface area contributed by atoms with E-state index in [0.717, 1.165) is 5.56 Å². The molecule has 2 aromatic carbocycles. The average molecular weight is 447 g/mol. The number of para-hydroxylation sites is 1. The molecule has 0 aliphatic carbocycles. The third kappa shape index (κ3) is 5.00.